The molecule has 3 aromatic rings. The number of aromatic nitrogens is 2. The quantitative estimate of drug-likeness (QED) is 0.378. The Morgan fingerprint density at radius 2 is 2.11 bits per heavy atom. The van der Waals surface area contributed by atoms with Crippen molar-refractivity contribution in [1.29, 1.82) is 0 Å². The highest BCUT2D eigenvalue weighted by molar-refractivity contribution is 6.08. The number of hydrogen-bond acceptors (Lipinski definition) is 5. The summed E-state index contributed by atoms with van der Waals surface area (Å²) >= 11 is 0. The Balaban J connectivity index is 1.21. The van der Waals surface area contributed by atoms with Crippen LogP contribution in [0.4, 0.5) is 41.0 Å². The van der Waals surface area contributed by atoms with Gasteiger partial charge >= 0.3 is 12.2 Å². The molecule has 8 nitrogen and oxygen atoms in total. The fourth-order valence-corrected chi connectivity index (χ4v) is 6.74. The third-order valence-corrected chi connectivity index (χ3v) is 8.50. The maximum atomic E-state index is 13.8. The molecular formula is C26H26F3N6O2+. The fraction of sp³-hybridized carbons (Fsp3) is 0.423. The van der Waals surface area contributed by atoms with Crippen LogP contribution in [0.5, 0.6) is 0 Å². The van der Waals surface area contributed by atoms with Gasteiger partial charge in [-0.15, -0.1) is 0 Å². The van der Waals surface area contributed by atoms with Gasteiger partial charge in [-0.1, -0.05) is 12.1 Å². The summed E-state index contributed by atoms with van der Waals surface area (Å²) in [4.78, 5) is 26.0. The summed E-state index contributed by atoms with van der Waals surface area (Å²) in [7, 11) is 0. The van der Waals surface area contributed by atoms with Crippen molar-refractivity contribution < 1.29 is 22.4 Å². The van der Waals surface area contributed by atoms with Crippen LogP contribution in [-0.4, -0.2) is 54.0 Å². The lowest BCUT2D eigenvalue weighted by molar-refractivity contribution is -0.176. The predicted octanol–water partition coefficient (Wildman–Crippen LogP) is 5.38. The fourth-order valence-electron chi connectivity index (χ4n) is 6.74. The Kier molecular flexibility index (Phi) is 4.70. The molecular weight excluding hydrogens is 485 g/mol. The molecule has 0 aliphatic carbocycles. The van der Waals surface area contributed by atoms with Crippen molar-refractivity contribution in [2.45, 2.75) is 37.5 Å². The first kappa shape index (κ1) is 22.6. The van der Waals surface area contributed by atoms with E-state index in [1.54, 1.807) is 16.0 Å². The molecule has 4 aliphatic heterocycles. The van der Waals surface area contributed by atoms with E-state index in [1.165, 1.54) is 6.39 Å². The number of amides is 2. The number of pyridine rings is 1. The van der Waals surface area contributed by atoms with Crippen molar-refractivity contribution >= 4 is 29.0 Å². The van der Waals surface area contributed by atoms with Gasteiger partial charge in [-0.3, -0.25) is 4.48 Å². The highest BCUT2D eigenvalue weighted by Crippen LogP contribution is 2.65. The second-order valence-electron chi connectivity index (χ2n) is 10.5. The number of alkyl halides is 3. The zero-order chi connectivity index (χ0) is 25.4. The second-order valence-corrected chi connectivity index (χ2v) is 10.5. The van der Waals surface area contributed by atoms with E-state index in [-0.39, 0.29) is 24.7 Å². The molecule has 2 unspecified atom stereocenters. The maximum Gasteiger partial charge on any atom is 0.393 e. The van der Waals surface area contributed by atoms with Gasteiger partial charge in [0, 0.05) is 43.2 Å². The molecule has 3 saturated heterocycles. The van der Waals surface area contributed by atoms with Crippen molar-refractivity contribution in [2.24, 2.45) is 5.92 Å². The molecule has 192 valence electrons. The lowest BCUT2D eigenvalue weighted by Crippen LogP contribution is -2.46. The van der Waals surface area contributed by atoms with Crippen LogP contribution in [0.25, 0.3) is 11.3 Å². The number of rotatable bonds is 3. The number of halogens is 3. The number of piperidine rings is 2. The summed E-state index contributed by atoms with van der Waals surface area (Å²) in [6, 6.07) is 10.9. The molecule has 3 atom stereocenters. The molecule has 37 heavy (non-hydrogen) atoms. The zero-order valence-electron chi connectivity index (χ0n) is 20.0. The number of oxazole rings is 1. The Hall–Kier alpha value is -3.60. The zero-order valence-corrected chi connectivity index (χ0v) is 20.0. The Morgan fingerprint density at radius 1 is 1.22 bits per heavy atom. The molecule has 0 saturated carbocycles. The summed E-state index contributed by atoms with van der Waals surface area (Å²) in [5, 5.41) is 3.03. The van der Waals surface area contributed by atoms with Crippen molar-refractivity contribution in [3.63, 3.8) is 0 Å². The van der Waals surface area contributed by atoms with E-state index >= 15 is 0 Å². The van der Waals surface area contributed by atoms with Gasteiger partial charge in [0.15, 0.2) is 24.4 Å². The van der Waals surface area contributed by atoms with Gasteiger partial charge < -0.3 is 14.6 Å². The SMILES string of the molecule is O=C(Nc1cccc(-c2cnco2)c1)N1c2nc(N3CCCC(C(F)(F)F)C3)ccc2[N+]23CCC[C@@]12C3. The van der Waals surface area contributed by atoms with Gasteiger partial charge in [-0.2, -0.15) is 13.2 Å². The standard InChI is InChI=1S/C26H25F3N6O2/c27-26(28,29)18-5-2-10-33(14-18)22-8-7-20-23(32-22)34(25-9-3-11-35(20,25)15-25)24(36)31-19-6-1-4-17(12-19)21-13-30-16-37-21/h1,4,6-8,12-13,16,18H,2-3,5,9-11,14-15H2/p+1/t18?,25-,35?/m1/s1. The minimum atomic E-state index is -4.23. The molecule has 0 radical (unpaired) electrons. The number of nitrogens with one attached hydrogen (secondary N) is 1. The summed E-state index contributed by atoms with van der Waals surface area (Å²) in [6.45, 7) is 2.18. The first-order valence-corrected chi connectivity index (χ1v) is 12.6. The van der Waals surface area contributed by atoms with Crippen LogP contribution in [0.15, 0.2) is 53.4 Å². The number of benzene rings is 1. The second kappa shape index (κ2) is 7.70. The van der Waals surface area contributed by atoms with Gasteiger partial charge in [0.25, 0.3) is 0 Å². The Bertz CT molecular complexity index is 1380. The van der Waals surface area contributed by atoms with Crippen LogP contribution in [0.2, 0.25) is 0 Å². The predicted molar refractivity (Wildman–Crippen MR) is 132 cm³/mol. The summed E-state index contributed by atoms with van der Waals surface area (Å²) in [5.74, 6) is 0.281. The maximum absolute atomic E-state index is 13.8. The number of carbonyl (C=O) groups excluding carboxylic acids is 1. The number of anilines is 3. The topological polar surface area (TPSA) is 74.5 Å². The normalized spacial score (nSPS) is 28.0. The van der Waals surface area contributed by atoms with Gasteiger partial charge in [0.1, 0.15) is 5.82 Å². The van der Waals surface area contributed by atoms with Crippen LogP contribution in [0.3, 0.4) is 0 Å². The number of carbonyl (C=O) groups is 1. The highest BCUT2D eigenvalue weighted by atomic mass is 19.4. The van der Waals surface area contributed by atoms with Crippen molar-refractivity contribution in [3.8, 4) is 11.3 Å². The minimum Gasteiger partial charge on any atom is -0.444 e. The number of urea groups is 1. The smallest absolute Gasteiger partial charge is 0.393 e. The first-order valence-electron chi connectivity index (χ1n) is 12.6. The molecule has 0 bridgehead atoms. The van der Waals surface area contributed by atoms with Crippen LogP contribution >= 0.6 is 0 Å². The van der Waals surface area contributed by atoms with Crippen molar-refractivity contribution in [1.82, 2.24) is 14.5 Å². The molecule has 2 aromatic heterocycles. The van der Waals surface area contributed by atoms with Gasteiger partial charge in [0.05, 0.1) is 18.7 Å². The van der Waals surface area contributed by atoms with Crippen molar-refractivity contribution in [3.05, 3.63) is 49.0 Å². The minimum absolute atomic E-state index is 0.110. The number of quaternary nitrogens is 1. The summed E-state index contributed by atoms with van der Waals surface area (Å²) < 4.78 is 46.4. The number of nitrogens with zero attached hydrogens (tertiary/aromatic N) is 5. The average molecular weight is 512 g/mol. The summed E-state index contributed by atoms with van der Waals surface area (Å²) in [5.41, 5.74) is 2.02. The van der Waals surface area contributed by atoms with E-state index < -0.39 is 12.1 Å². The number of hydrogen-bond donors (Lipinski definition) is 1. The van der Waals surface area contributed by atoms with Crippen molar-refractivity contribution in [2.75, 3.05) is 41.3 Å². The van der Waals surface area contributed by atoms with Gasteiger partial charge in [-0.05, 0) is 31.0 Å². The average Bonchev–Trinajstić information content (AvgIpc) is 3.24. The number of fused-ring (bicyclic) bond motifs is 1. The van der Waals surface area contributed by atoms with Crippen LogP contribution in [0, 0.1) is 5.92 Å². The molecule has 3 fully saturated rings. The van der Waals surface area contributed by atoms with E-state index in [2.05, 4.69) is 10.3 Å². The van der Waals surface area contributed by atoms with E-state index in [1.807, 2.05) is 36.4 Å². The van der Waals surface area contributed by atoms with E-state index in [0.29, 0.717) is 40.5 Å². The molecule has 11 heteroatoms. The molecule has 0 spiro atoms. The largest absolute Gasteiger partial charge is 0.444 e. The monoisotopic (exact) mass is 511 g/mol. The lowest BCUT2D eigenvalue weighted by Gasteiger charge is -2.34. The molecule has 4 aliphatic rings. The highest BCUT2D eigenvalue weighted by Gasteiger charge is 2.83. The van der Waals surface area contributed by atoms with E-state index in [9.17, 15) is 18.0 Å². The Morgan fingerprint density at radius 3 is 2.92 bits per heavy atom. The first-order chi connectivity index (χ1) is 17.8. The molecule has 2 amide bonds. The van der Waals surface area contributed by atoms with Crippen LogP contribution < -0.4 is 19.6 Å². The van der Waals surface area contributed by atoms with Crippen LogP contribution in [-0.2, 0) is 0 Å². The summed E-state index contributed by atoms with van der Waals surface area (Å²) in [6.07, 6.45) is 1.20. The Labute approximate surface area is 211 Å². The third-order valence-electron chi connectivity index (χ3n) is 8.50. The third kappa shape index (κ3) is 3.29. The van der Waals surface area contributed by atoms with Crippen LogP contribution in [0.1, 0.15) is 25.7 Å². The molecule has 1 N–H and O–H groups in total. The van der Waals surface area contributed by atoms with E-state index in [4.69, 9.17) is 9.40 Å². The van der Waals surface area contributed by atoms with Gasteiger partial charge in [-0.25, -0.2) is 19.7 Å². The van der Waals surface area contributed by atoms with Gasteiger partial charge in [0.2, 0.25) is 11.5 Å². The molecule has 7 rings (SSSR count). The lowest BCUT2D eigenvalue weighted by atomic mass is 9.97. The molecule has 6 heterocycles. The van der Waals surface area contributed by atoms with E-state index in [0.717, 1.165) is 37.2 Å². The molecule has 1 aromatic carbocycles.